The molecular weight excluding hydrogens is 332 g/mol. The third-order valence-corrected chi connectivity index (χ3v) is 7.31. The largest absolute Gasteiger partial charge is 0.380 e. The Morgan fingerprint density at radius 2 is 1.52 bits per heavy atom. The van der Waals surface area contributed by atoms with Gasteiger partial charge in [-0.2, -0.15) is 0 Å². The van der Waals surface area contributed by atoms with Crippen LogP contribution in [0.2, 0.25) is 0 Å². The lowest BCUT2D eigenvalue weighted by atomic mass is 9.62. The molecule has 2 nitrogen and oxygen atoms in total. The van der Waals surface area contributed by atoms with Crippen molar-refractivity contribution in [3.8, 4) is 0 Å². The van der Waals surface area contributed by atoms with Crippen LogP contribution < -0.4 is 0 Å². The lowest BCUT2D eigenvalue weighted by molar-refractivity contribution is 0.00224. The smallest absolute Gasteiger partial charge is 0.115 e. The maximum Gasteiger partial charge on any atom is 0.115 e. The molecule has 0 saturated carbocycles. The maximum atomic E-state index is 11.7. The zero-order valence-electron chi connectivity index (χ0n) is 16.8. The van der Waals surface area contributed by atoms with E-state index in [0.717, 1.165) is 30.4 Å². The van der Waals surface area contributed by atoms with Gasteiger partial charge in [0, 0.05) is 0 Å². The summed E-state index contributed by atoms with van der Waals surface area (Å²) in [5, 5.41) is 11.7. The molecule has 2 heteroatoms. The molecule has 2 aliphatic heterocycles. The molecule has 2 bridgehead atoms. The van der Waals surface area contributed by atoms with E-state index in [2.05, 4.69) is 20.8 Å². The number of hydrogen-bond donors (Lipinski definition) is 1. The molecule has 27 heavy (non-hydrogen) atoms. The third-order valence-electron chi connectivity index (χ3n) is 7.31. The van der Waals surface area contributed by atoms with Gasteiger partial charge in [-0.05, 0) is 61.5 Å². The fraction of sp³-hybridized carbons (Fsp3) is 0.520. The molecule has 2 aromatic carbocycles. The number of aliphatic hydroxyl groups is 1. The highest BCUT2D eigenvalue weighted by atomic mass is 16.5. The minimum atomic E-state index is -0.938. The van der Waals surface area contributed by atoms with E-state index in [4.69, 9.17) is 4.74 Å². The number of fused-ring (bicyclic) bond motifs is 2. The van der Waals surface area contributed by atoms with Crippen LogP contribution in [0.5, 0.6) is 0 Å². The molecule has 2 aliphatic rings. The average Bonchev–Trinajstić information content (AvgIpc) is 3.17. The van der Waals surface area contributed by atoms with Gasteiger partial charge in [-0.15, -0.1) is 0 Å². The summed E-state index contributed by atoms with van der Waals surface area (Å²) >= 11 is 0. The van der Waals surface area contributed by atoms with Crippen molar-refractivity contribution in [3.63, 3.8) is 0 Å². The van der Waals surface area contributed by atoms with Crippen molar-refractivity contribution in [2.75, 3.05) is 0 Å². The van der Waals surface area contributed by atoms with Crippen LogP contribution in [0, 0.1) is 11.3 Å². The van der Waals surface area contributed by atoms with Crippen molar-refractivity contribution in [2.45, 2.75) is 70.2 Å². The zero-order valence-corrected chi connectivity index (χ0v) is 16.8. The first-order valence-corrected chi connectivity index (χ1v) is 10.4. The summed E-state index contributed by atoms with van der Waals surface area (Å²) < 4.78 is 6.38. The van der Waals surface area contributed by atoms with Crippen LogP contribution in [-0.2, 0) is 10.3 Å². The highest BCUT2D eigenvalue weighted by Gasteiger charge is 2.60. The van der Waals surface area contributed by atoms with Crippen LogP contribution >= 0.6 is 0 Å². The number of benzene rings is 2. The topological polar surface area (TPSA) is 29.5 Å². The van der Waals surface area contributed by atoms with Crippen molar-refractivity contribution in [1.82, 2.24) is 0 Å². The summed E-state index contributed by atoms with van der Waals surface area (Å²) in [7, 11) is 0. The van der Waals surface area contributed by atoms with Crippen LogP contribution in [-0.4, -0.2) is 16.8 Å². The van der Waals surface area contributed by atoms with E-state index in [9.17, 15) is 5.11 Å². The molecule has 2 heterocycles. The second kappa shape index (κ2) is 6.76. The predicted molar refractivity (Wildman–Crippen MR) is 110 cm³/mol. The normalized spacial score (nSPS) is 29.2. The average molecular weight is 365 g/mol. The van der Waals surface area contributed by atoms with E-state index in [0.29, 0.717) is 12.0 Å². The molecule has 2 fully saturated rings. The fourth-order valence-electron chi connectivity index (χ4n) is 5.77. The summed E-state index contributed by atoms with van der Waals surface area (Å²) in [5.41, 5.74) is 1.26. The van der Waals surface area contributed by atoms with Crippen LogP contribution in [0.15, 0.2) is 60.7 Å². The van der Waals surface area contributed by atoms with Gasteiger partial charge in [0.25, 0.3) is 0 Å². The summed E-state index contributed by atoms with van der Waals surface area (Å²) in [6, 6.07) is 20.2. The Morgan fingerprint density at radius 1 is 0.963 bits per heavy atom. The van der Waals surface area contributed by atoms with Gasteiger partial charge >= 0.3 is 0 Å². The molecule has 0 unspecified atom stereocenters. The van der Waals surface area contributed by atoms with Crippen molar-refractivity contribution in [3.05, 3.63) is 71.8 Å². The summed E-state index contributed by atoms with van der Waals surface area (Å²) in [5.74, 6) is 0.555. The van der Waals surface area contributed by atoms with Crippen LogP contribution in [0.4, 0.5) is 0 Å². The van der Waals surface area contributed by atoms with Gasteiger partial charge in [0.15, 0.2) is 0 Å². The molecule has 0 radical (unpaired) electrons. The van der Waals surface area contributed by atoms with Crippen molar-refractivity contribution in [1.29, 1.82) is 0 Å². The third kappa shape index (κ3) is 3.13. The molecule has 0 amide bonds. The molecule has 4 rings (SSSR count). The number of ether oxygens (including phenoxy) is 1. The van der Waals surface area contributed by atoms with Gasteiger partial charge in [-0.25, -0.2) is 0 Å². The Labute approximate surface area is 163 Å². The maximum absolute atomic E-state index is 11.7. The fourth-order valence-corrected chi connectivity index (χ4v) is 5.77. The lowest BCUT2D eigenvalue weighted by Gasteiger charge is -2.40. The van der Waals surface area contributed by atoms with Crippen LogP contribution in [0.3, 0.4) is 0 Å². The van der Waals surface area contributed by atoms with E-state index in [1.54, 1.807) is 0 Å². The van der Waals surface area contributed by atoms with Gasteiger partial charge in [0.05, 0.1) is 11.7 Å². The first-order chi connectivity index (χ1) is 12.9. The molecule has 144 valence electrons. The Morgan fingerprint density at radius 3 is 2.00 bits per heavy atom. The molecule has 2 saturated heterocycles. The van der Waals surface area contributed by atoms with Crippen LogP contribution in [0.1, 0.15) is 64.0 Å². The van der Waals surface area contributed by atoms with Gasteiger partial charge in [-0.3, -0.25) is 0 Å². The molecule has 0 aromatic heterocycles. The van der Waals surface area contributed by atoms with E-state index in [1.807, 2.05) is 60.7 Å². The standard InChI is InChI=1S/C25H32O2/c1-23(2)21(24(3)18-16-22(23)27-24)15-10-17-25(26,19-11-6-4-7-12-19)20-13-8-5-9-14-20/h4-9,11-14,21-22,26H,10,15-18H2,1-3H3/t21-,22-,24+/m0/s1. The Hall–Kier alpha value is -1.64. The monoisotopic (exact) mass is 364 g/mol. The van der Waals surface area contributed by atoms with Crippen molar-refractivity contribution < 1.29 is 9.84 Å². The summed E-state index contributed by atoms with van der Waals surface area (Å²) in [6.45, 7) is 7.04. The Kier molecular flexibility index (Phi) is 4.68. The van der Waals surface area contributed by atoms with Crippen molar-refractivity contribution in [2.24, 2.45) is 11.3 Å². The van der Waals surface area contributed by atoms with E-state index < -0.39 is 5.60 Å². The second-order valence-electron chi connectivity index (χ2n) is 9.32. The summed E-state index contributed by atoms with van der Waals surface area (Å²) in [6.07, 6.45) is 5.58. The molecule has 3 atom stereocenters. The Bertz CT molecular complexity index is 723. The predicted octanol–water partition coefficient (Wildman–Crippen LogP) is 5.69. The van der Waals surface area contributed by atoms with E-state index in [-0.39, 0.29) is 11.0 Å². The summed E-state index contributed by atoms with van der Waals surface area (Å²) in [4.78, 5) is 0. The van der Waals surface area contributed by atoms with Gasteiger partial charge < -0.3 is 9.84 Å². The first-order valence-electron chi connectivity index (χ1n) is 10.4. The highest BCUT2D eigenvalue weighted by molar-refractivity contribution is 5.35. The number of rotatable bonds is 6. The second-order valence-corrected chi connectivity index (χ2v) is 9.32. The number of hydrogen-bond acceptors (Lipinski definition) is 2. The van der Waals surface area contributed by atoms with E-state index in [1.165, 1.54) is 12.8 Å². The van der Waals surface area contributed by atoms with Gasteiger partial charge in [0.2, 0.25) is 0 Å². The van der Waals surface area contributed by atoms with Gasteiger partial charge in [0.1, 0.15) is 5.60 Å². The van der Waals surface area contributed by atoms with E-state index >= 15 is 0 Å². The highest BCUT2D eigenvalue weighted by Crippen LogP contribution is 2.59. The van der Waals surface area contributed by atoms with Gasteiger partial charge in [-0.1, -0.05) is 74.5 Å². The van der Waals surface area contributed by atoms with Crippen molar-refractivity contribution >= 4 is 0 Å². The SMILES string of the molecule is CC1(C)[C@@H]2CC[C@@](C)(O2)[C@H]1CCCC(O)(c1ccccc1)c1ccccc1. The minimum absolute atomic E-state index is 0.0196. The molecule has 2 aromatic rings. The zero-order chi connectivity index (χ0) is 19.1. The molecule has 0 spiro atoms. The molecular formula is C25H32O2. The lowest BCUT2D eigenvalue weighted by Crippen LogP contribution is -2.40. The van der Waals surface area contributed by atoms with Crippen LogP contribution in [0.25, 0.3) is 0 Å². The Balaban J connectivity index is 1.54. The molecule has 0 aliphatic carbocycles. The minimum Gasteiger partial charge on any atom is -0.380 e. The first kappa shape index (κ1) is 18.7. The molecule has 1 N–H and O–H groups in total. The quantitative estimate of drug-likeness (QED) is 0.714.